The van der Waals surface area contributed by atoms with E-state index < -0.39 is 16.9 Å². The van der Waals surface area contributed by atoms with Gasteiger partial charge in [0.2, 0.25) is 0 Å². The molecule has 116 valence electrons. The Balaban J connectivity index is 2.87. The van der Waals surface area contributed by atoms with E-state index >= 15 is 0 Å². The Morgan fingerprint density at radius 2 is 2.24 bits per heavy atom. The number of nitrogens with one attached hydrogen (secondary N) is 1. The molecule has 7 heteroatoms. The average Bonchev–Trinajstić information content (AvgIpc) is 2.43. The topological polar surface area (TPSA) is 102 Å². The van der Waals surface area contributed by atoms with Crippen molar-refractivity contribution in [3.8, 4) is 5.75 Å². The van der Waals surface area contributed by atoms with Gasteiger partial charge in [-0.15, -0.1) is 0 Å². The molecule has 1 aromatic carbocycles. The van der Waals surface area contributed by atoms with Crippen molar-refractivity contribution in [1.82, 2.24) is 5.32 Å². The summed E-state index contributed by atoms with van der Waals surface area (Å²) >= 11 is 0. The first-order chi connectivity index (χ1) is 9.97. The van der Waals surface area contributed by atoms with Crippen molar-refractivity contribution in [2.45, 2.75) is 32.8 Å². The van der Waals surface area contributed by atoms with Crippen LogP contribution in [0.5, 0.6) is 5.75 Å². The van der Waals surface area contributed by atoms with E-state index in [-0.39, 0.29) is 17.0 Å². The second-order valence-corrected chi connectivity index (χ2v) is 4.59. The molecule has 1 amide bonds. The Hall–Kier alpha value is -2.15. The minimum absolute atomic E-state index is 0.0682. The highest BCUT2D eigenvalue weighted by Crippen LogP contribution is 2.28. The van der Waals surface area contributed by atoms with Gasteiger partial charge in [0.25, 0.3) is 11.6 Å². The summed E-state index contributed by atoms with van der Waals surface area (Å²) in [5.74, 6) is -0.351. The van der Waals surface area contributed by atoms with Crippen LogP contribution in [-0.2, 0) is 0 Å². The van der Waals surface area contributed by atoms with E-state index in [9.17, 15) is 14.9 Å². The van der Waals surface area contributed by atoms with E-state index in [1.807, 2.05) is 0 Å². The minimum Gasteiger partial charge on any atom is -0.493 e. The molecule has 1 aromatic rings. The number of nitro benzene ring substituents is 1. The predicted octanol–water partition coefficient (Wildman–Crippen LogP) is 1.88. The molecular weight excluding hydrogens is 276 g/mol. The normalized spacial score (nSPS) is 11.8. The lowest BCUT2D eigenvalue weighted by Gasteiger charge is -2.11. The Labute approximate surface area is 123 Å². The second kappa shape index (κ2) is 8.21. The lowest BCUT2D eigenvalue weighted by atomic mass is 10.1. The number of ether oxygens (including phenoxy) is 1. The van der Waals surface area contributed by atoms with Crippen molar-refractivity contribution >= 4 is 11.6 Å². The Bertz CT molecular complexity index is 502. The third kappa shape index (κ3) is 5.03. The molecule has 0 heterocycles. The first-order valence-electron chi connectivity index (χ1n) is 6.83. The van der Waals surface area contributed by atoms with Crippen LogP contribution in [0.1, 0.15) is 37.0 Å². The molecule has 1 unspecified atom stereocenters. The second-order valence-electron chi connectivity index (χ2n) is 4.59. The van der Waals surface area contributed by atoms with E-state index in [1.54, 1.807) is 13.8 Å². The number of benzene rings is 1. The molecule has 0 saturated heterocycles. The molecule has 0 aromatic heterocycles. The van der Waals surface area contributed by atoms with Crippen LogP contribution in [0, 0.1) is 10.1 Å². The third-order valence-corrected chi connectivity index (χ3v) is 2.81. The van der Waals surface area contributed by atoms with Gasteiger partial charge in [-0.3, -0.25) is 14.9 Å². The van der Waals surface area contributed by atoms with Crippen LogP contribution in [-0.4, -0.2) is 35.2 Å². The van der Waals surface area contributed by atoms with E-state index in [1.165, 1.54) is 18.2 Å². The number of hydrogen-bond acceptors (Lipinski definition) is 5. The maximum Gasteiger partial charge on any atom is 0.285 e. The zero-order chi connectivity index (χ0) is 15.8. The standard InChI is InChI=1S/C14H20N2O5/c1-3-21-12-8-4-7-11(16(19)20)13(12)14(18)15-9-5-6-10(2)17/h4,7-8,10,17H,3,5-6,9H2,1-2H3,(H,15,18). The van der Waals surface area contributed by atoms with Gasteiger partial charge < -0.3 is 15.2 Å². The molecule has 1 atom stereocenters. The first-order valence-corrected chi connectivity index (χ1v) is 6.83. The van der Waals surface area contributed by atoms with Gasteiger partial charge in [0.15, 0.2) is 5.56 Å². The number of rotatable bonds is 8. The number of nitro groups is 1. The molecule has 1 rings (SSSR count). The van der Waals surface area contributed by atoms with Gasteiger partial charge in [-0.05, 0) is 32.8 Å². The predicted molar refractivity (Wildman–Crippen MR) is 77.5 cm³/mol. The van der Waals surface area contributed by atoms with Crippen molar-refractivity contribution in [1.29, 1.82) is 0 Å². The highest BCUT2D eigenvalue weighted by molar-refractivity contribution is 6.00. The van der Waals surface area contributed by atoms with Crippen LogP contribution in [0.25, 0.3) is 0 Å². The largest absolute Gasteiger partial charge is 0.493 e. The Morgan fingerprint density at radius 3 is 2.81 bits per heavy atom. The van der Waals surface area contributed by atoms with Gasteiger partial charge in [-0.25, -0.2) is 0 Å². The summed E-state index contributed by atoms with van der Waals surface area (Å²) in [5.41, 5.74) is -0.352. The van der Waals surface area contributed by atoms with E-state index in [0.29, 0.717) is 26.0 Å². The number of aliphatic hydroxyl groups excluding tert-OH is 1. The molecule has 0 spiro atoms. The van der Waals surface area contributed by atoms with Gasteiger partial charge in [0.1, 0.15) is 5.75 Å². The van der Waals surface area contributed by atoms with Gasteiger partial charge in [-0.1, -0.05) is 6.07 Å². The zero-order valence-electron chi connectivity index (χ0n) is 12.2. The molecule has 0 fully saturated rings. The van der Waals surface area contributed by atoms with E-state index in [0.717, 1.165) is 0 Å². The van der Waals surface area contributed by atoms with Crippen molar-refractivity contribution < 1.29 is 19.6 Å². The third-order valence-electron chi connectivity index (χ3n) is 2.81. The Morgan fingerprint density at radius 1 is 1.52 bits per heavy atom. The summed E-state index contributed by atoms with van der Waals surface area (Å²) in [6.07, 6.45) is 0.704. The molecule has 0 aliphatic rings. The lowest BCUT2D eigenvalue weighted by Crippen LogP contribution is -2.26. The minimum atomic E-state index is -0.604. The van der Waals surface area contributed by atoms with Crippen LogP contribution in [0.3, 0.4) is 0 Å². The first kappa shape index (κ1) is 16.9. The summed E-state index contributed by atoms with van der Waals surface area (Å²) in [6.45, 7) is 4.05. The van der Waals surface area contributed by atoms with Crippen molar-refractivity contribution in [2.24, 2.45) is 0 Å². The fourth-order valence-electron chi connectivity index (χ4n) is 1.86. The number of carbonyl (C=O) groups excluding carboxylic acids is 1. The summed E-state index contributed by atoms with van der Waals surface area (Å²) < 4.78 is 5.29. The molecule has 7 nitrogen and oxygen atoms in total. The van der Waals surface area contributed by atoms with Gasteiger partial charge in [-0.2, -0.15) is 0 Å². The van der Waals surface area contributed by atoms with Gasteiger partial charge in [0, 0.05) is 12.6 Å². The number of nitrogens with zero attached hydrogens (tertiary/aromatic N) is 1. The van der Waals surface area contributed by atoms with Crippen molar-refractivity contribution in [2.75, 3.05) is 13.2 Å². The maximum atomic E-state index is 12.2. The van der Waals surface area contributed by atoms with Crippen LogP contribution < -0.4 is 10.1 Å². The van der Waals surface area contributed by atoms with Gasteiger partial charge in [0.05, 0.1) is 17.6 Å². The molecule has 0 saturated carbocycles. The highest BCUT2D eigenvalue weighted by Gasteiger charge is 2.24. The van der Waals surface area contributed by atoms with Crippen LogP contribution in [0.2, 0.25) is 0 Å². The SMILES string of the molecule is CCOc1cccc([N+](=O)[O-])c1C(=O)NCCCC(C)O. The van der Waals surface area contributed by atoms with Crippen LogP contribution in [0.15, 0.2) is 18.2 Å². The molecule has 0 radical (unpaired) electrons. The molecular formula is C14H20N2O5. The van der Waals surface area contributed by atoms with Crippen molar-refractivity contribution in [3.05, 3.63) is 33.9 Å². The number of aliphatic hydroxyl groups is 1. The molecule has 2 N–H and O–H groups in total. The number of carbonyl (C=O) groups is 1. The monoisotopic (exact) mass is 296 g/mol. The lowest BCUT2D eigenvalue weighted by molar-refractivity contribution is -0.385. The summed E-state index contributed by atoms with van der Waals surface area (Å²) in [6, 6.07) is 4.28. The van der Waals surface area contributed by atoms with E-state index in [4.69, 9.17) is 9.84 Å². The highest BCUT2D eigenvalue weighted by atomic mass is 16.6. The van der Waals surface area contributed by atoms with Crippen LogP contribution in [0.4, 0.5) is 5.69 Å². The summed E-state index contributed by atoms with van der Waals surface area (Å²) in [5, 5.41) is 22.8. The molecule has 0 aliphatic heterocycles. The smallest absolute Gasteiger partial charge is 0.285 e. The number of amides is 1. The number of hydrogen-bond donors (Lipinski definition) is 2. The summed E-state index contributed by atoms with van der Waals surface area (Å²) in [7, 11) is 0. The van der Waals surface area contributed by atoms with Crippen molar-refractivity contribution in [3.63, 3.8) is 0 Å². The molecule has 21 heavy (non-hydrogen) atoms. The molecule has 0 aliphatic carbocycles. The Kier molecular flexibility index (Phi) is 6.61. The van der Waals surface area contributed by atoms with Gasteiger partial charge >= 0.3 is 0 Å². The fraction of sp³-hybridized carbons (Fsp3) is 0.500. The average molecular weight is 296 g/mol. The van der Waals surface area contributed by atoms with Crippen LogP contribution >= 0.6 is 0 Å². The quantitative estimate of drug-likeness (QED) is 0.433. The molecule has 0 bridgehead atoms. The maximum absolute atomic E-state index is 12.2. The summed E-state index contributed by atoms with van der Waals surface area (Å²) in [4.78, 5) is 22.6. The fourth-order valence-corrected chi connectivity index (χ4v) is 1.86. The van der Waals surface area contributed by atoms with E-state index in [2.05, 4.69) is 5.32 Å². The zero-order valence-corrected chi connectivity index (χ0v) is 12.2.